The van der Waals surface area contributed by atoms with E-state index in [1.807, 2.05) is 25.1 Å². The first-order chi connectivity index (χ1) is 11.2. The van der Waals surface area contributed by atoms with Gasteiger partial charge in [0.25, 0.3) is 0 Å². The van der Waals surface area contributed by atoms with E-state index in [2.05, 4.69) is 15.3 Å². The maximum Gasteiger partial charge on any atom is 0.231 e. The van der Waals surface area contributed by atoms with Crippen LogP contribution in [0.2, 0.25) is 5.02 Å². The summed E-state index contributed by atoms with van der Waals surface area (Å²) in [5.41, 5.74) is 1.18. The molecule has 1 N–H and O–H groups in total. The van der Waals surface area contributed by atoms with E-state index in [1.165, 1.54) is 5.56 Å². The van der Waals surface area contributed by atoms with Gasteiger partial charge in [0.2, 0.25) is 6.79 Å². The second-order valence-electron chi connectivity index (χ2n) is 5.24. The van der Waals surface area contributed by atoms with E-state index < -0.39 is 0 Å². The van der Waals surface area contributed by atoms with Crippen molar-refractivity contribution >= 4 is 39.0 Å². The smallest absolute Gasteiger partial charge is 0.231 e. The summed E-state index contributed by atoms with van der Waals surface area (Å²) < 4.78 is 10.7. The minimum absolute atomic E-state index is 0.298. The average molecular weight is 348 g/mol. The highest BCUT2D eigenvalue weighted by atomic mass is 35.5. The van der Waals surface area contributed by atoms with Gasteiger partial charge in [-0.05, 0) is 31.0 Å². The normalized spacial score (nSPS) is 12.8. The molecule has 4 rings (SSSR count). The summed E-state index contributed by atoms with van der Waals surface area (Å²) in [7, 11) is 0. The Hall–Kier alpha value is -2.05. The van der Waals surface area contributed by atoms with Crippen LogP contribution in [0.3, 0.4) is 0 Å². The van der Waals surface area contributed by atoms with Gasteiger partial charge in [-0.1, -0.05) is 17.7 Å². The molecular weight excluding hydrogens is 334 g/mol. The van der Waals surface area contributed by atoms with Crippen molar-refractivity contribution in [1.82, 2.24) is 9.97 Å². The van der Waals surface area contributed by atoms with Crippen molar-refractivity contribution in [3.63, 3.8) is 0 Å². The fourth-order valence-corrected chi connectivity index (χ4v) is 3.80. The summed E-state index contributed by atoms with van der Waals surface area (Å²) >= 11 is 7.95. The van der Waals surface area contributed by atoms with Crippen molar-refractivity contribution < 1.29 is 9.47 Å². The molecule has 1 aliphatic heterocycles. The van der Waals surface area contributed by atoms with Crippen molar-refractivity contribution in [2.45, 2.75) is 13.3 Å². The van der Waals surface area contributed by atoms with Crippen LogP contribution in [0, 0.1) is 6.92 Å². The highest BCUT2D eigenvalue weighted by Gasteiger charge is 2.14. The number of hydrogen-bond acceptors (Lipinski definition) is 6. The van der Waals surface area contributed by atoms with E-state index >= 15 is 0 Å². The zero-order chi connectivity index (χ0) is 15.8. The maximum absolute atomic E-state index is 6.37. The molecule has 5 nitrogen and oxygen atoms in total. The lowest BCUT2D eigenvalue weighted by atomic mass is 10.1. The molecule has 2 aromatic heterocycles. The second kappa shape index (κ2) is 5.86. The Morgan fingerprint density at radius 3 is 3.04 bits per heavy atom. The lowest BCUT2D eigenvalue weighted by Gasteiger charge is -2.07. The predicted molar refractivity (Wildman–Crippen MR) is 91.9 cm³/mol. The lowest BCUT2D eigenvalue weighted by molar-refractivity contribution is 0.174. The van der Waals surface area contributed by atoms with Crippen LogP contribution in [0.4, 0.5) is 5.82 Å². The van der Waals surface area contributed by atoms with Crippen molar-refractivity contribution in [2.75, 3.05) is 18.7 Å². The largest absolute Gasteiger partial charge is 0.454 e. The molecule has 0 saturated carbocycles. The zero-order valence-corrected chi connectivity index (χ0v) is 14.0. The van der Waals surface area contributed by atoms with Crippen molar-refractivity contribution in [3.8, 4) is 11.5 Å². The molecule has 23 heavy (non-hydrogen) atoms. The van der Waals surface area contributed by atoms with Crippen LogP contribution in [0.25, 0.3) is 10.2 Å². The van der Waals surface area contributed by atoms with E-state index in [0.717, 1.165) is 50.4 Å². The molecule has 1 aliphatic rings. The van der Waals surface area contributed by atoms with Gasteiger partial charge in [0.05, 0.1) is 10.4 Å². The minimum atomic E-state index is 0.298. The standard InChI is InChI=1S/C16H14ClN3O2S/c1-9-14(17)13-15(19-7-20-16(13)23-9)18-5-4-10-2-3-11-12(6-10)22-8-21-11/h2-3,6-7H,4-5,8H2,1H3,(H,18,19,20). The van der Waals surface area contributed by atoms with Gasteiger partial charge < -0.3 is 14.8 Å². The first kappa shape index (κ1) is 14.5. The first-order valence-electron chi connectivity index (χ1n) is 7.24. The Kier molecular flexibility index (Phi) is 3.71. The van der Waals surface area contributed by atoms with E-state index in [-0.39, 0.29) is 0 Å². The van der Waals surface area contributed by atoms with Gasteiger partial charge in [-0.25, -0.2) is 9.97 Å². The number of halogens is 1. The molecule has 0 atom stereocenters. The number of nitrogens with zero attached hydrogens (tertiary/aromatic N) is 2. The summed E-state index contributed by atoms with van der Waals surface area (Å²) in [5, 5.41) is 4.99. The van der Waals surface area contributed by atoms with Gasteiger partial charge >= 0.3 is 0 Å². The second-order valence-corrected chi connectivity index (χ2v) is 6.82. The van der Waals surface area contributed by atoms with Gasteiger partial charge in [0.1, 0.15) is 17.0 Å². The highest BCUT2D eigenvalue weighted by Crippen LogP contribution is 2.37. The monoisotopic (exact) mass is 347 g/mol. The van der Waals surface area contributed by atoms with Gasteiger partial charge in [0.15, 0.2) is 11.5 Å². The minimum Gasteiger partial charge on any atom is -0.454 e. The van der Waals surface area contributed by atoms with Gasteiger partial charge in [-0.2, -0.15) is 0 Å². The number of hydrogen-bond donors (Lipinski definition) is 1. The van der Waals surface area contributed by atoms with Crippen molar-refractivity contribution in [1.29, 1.82) is 0 Å². The third-order valence-corrected chi connectivity index (χ3v) is 5.33. The summed E-state index contributed by atoms with van der Waals surface area (Å²) in [6.07, 6.45) is 2.42. The molecule has 1 aromatic carbocycles. The Balaban J connectivity index is 1.49. The fourth-order valence-electron chi connectivity index (χ4n) is 2.57. The molecule has 0 fully saturated rings. The highest BCUT2D eigenvalue weighted by molar-refractivity contribution is 7.19. The van der Waals surface area contributed by atoms with Crippen LogP contribution < -0.4 is 14.8 Å². The number of thiophene rings is 1. The molecule has 0 saturated heterocycles. The van der Waals surface area contributed by atoms with Crippen LogP contribution in [-0.4, -0.2) is 23.3 Å². The van der Waals surface area contributed by atoms with E-state index in [4.69, 9.17) is 21.1 Å². The molecular formula is C16H14ClN3O2S. The Labute approximate surface area is 142 Å². The van der Waals surface area contributed by atoms with Crippen LogP contribution in [0.15, 0.2) is 24.5 Å². The quantitative estimate of drug-likeness (QED) is 0.772. The summed E-state index contributed by atoms with van der Waals surface area (Å²) in [6.45, 7) is 3.04. The number of rotatable bonds is 4. The molecule has 0 spiro atoms. The van der Waals surface area contributed by atoms with Crippen LogP contribution >= 0.6 is 22.9 Å². The van der Waals surface area contributed by atoms with E-state index in [1.54, 1.807) is 17.7 Å². The number of fused-ring (bicyclic) bond motifs is 2. The van der Waals surface area contributed by atoms with Crippen LogP contribution in [0.1, 0.15) is 10.4 Å². The Bertz CT molecular complexity index is 881. The van der Waals surface area contributed by atoms with Crippen LogP contribution in [-0.2, 0) is 6.42 Å². The SMILES string of the molecule is Cc1sc2ncnc(NCCc3ccc4c(c3)OCO4)c2c1Cl. The molecule has 0 amide bonds. The summed E-state index contributed by atoms with van der Waals surface area (Å²) in [4.78, 5) is 10.6. The summed E-state index contributed by atoms with van der Waals surface area (Å²) in [5.74, 6) is 2.40. The van der Waals surface area contributed by atoms with Gasteiger partial charge in [0, 0.05) is 11.4 Å². The molecule has 0 aliphatic carbocycles. The number of nitrogens with one attached hydrogen (secondary N) is 1. The average Bonchev–Trinajstić information content (AvgIpc) is 3.12. The third kappa shape index (κ3) is 2.68. The molecule has 3 heterocycles. The maximum atomic E-state index is 6.37. The van der Waals surface area contributed by atoms with Gasteiger partial charge in [-0.3, -0.25) is 0 Å². The number of aromatic nitrogens is 2. The van der Waals surface area contributed by atoms with Crippen molar-refractivity contribution in [3.05, 3.63) is 40.0 Å². The third-order valence-electron chi connectivity index (χ3n) is 3.73. The molecule has 0 unspecified atom stereocenters. The Morgan fingerprint density at radius 2 is 2.13 bits per heavy atom. The Morgan fingerprint density at radius 1 is 1.26 bits per heavy atom. The van der Waals surface area contributed by atoms with E-state index in [9.17, 15) is 0 Å². The molecule has 0 bridgehead atoms. The number of anilines is 1. The molecule has 7 heteroatoms. The summed E-state index contributed by atoms with van der Waals surface area (Å²) in [6, 6.07) is 6.01. The van der Waals surface area contributed by atoms with Gasteiger partial charge in [-0.15, -0.1) is 11.3 Å². The lowest BCUT2D eigenvalue weighted by Crippen LogP contribution is -2.06. The molecule has 3 aromatic rings. The van der Waals surface area contributed by atoms with Crippen LogP contribution in [0.5, 0.6) is 11.5 Å². The van der Waals surface area contributed by atoms with E-state index in [0.29, 0.717) is 6.79 Å². The van der Waals surface area contributed by atoms with Crippen molar-refractivity contribution in [2.24, 2.45) is 0 Å². The number of benzene rings is 1. The topological polar surface area (TPSA) is 56.3 Å². The number of aryl methyl sites for hydroxylation is 1. The zero-order valence-electron chi connectivity index (χ0n) is 12.4. The fraction of sp³-hybridized carbons (Fsp3) is 0.250. The molecule has 118 valence electrons. The number of ether oxygens (including phenoxy) is 2. The first-order valence-corrected chi connectivity index (χ1v) is 8.44. The molecule has 0 radical (unpaired) electrons. The predicted octanol–water partition coefficient (Wildman–Crippen LogP) is 4.04.